The van der Waals surface area contributed by atoms with Gasteiger partial charge in [0.05, 0.1) is 11.0 Å². The maximum Gasteiger partial charge on any atom is 0.243 e. The predicted octanol–water partition coefficient (Wildman–Crippen LogP) is 3.10. The molecule has 1 aromatic carbocycles. The van der Waals surface area contributed by atoms with Gasteiger partial charge in [0.15, 0.2) is 5.11 Å². The van der Waals surface area contributed by atoms with E-state index in [1.54, 1.807) is 28.6 Å². The van der Waals surface area contributed by atoms with Gasteiger partial charge in [0.25, 0.3) is 0 Å². The van der Waals surface area contributed by atoms with E-state index in [1.165, 1.54) is 0 Å². The zero-order chi connectivity index (χ0) is 19.4. The van der Waals surface area contributed by atoms with E-state index in [9.17, 15) is 8.42 Å². The molecule has 2 saturated heterocycles. The summed E-state index contributed by atoms with van der Waals surface area (Å²) in [6.45, 7) is 5.47. The lowest BCUT2D eigenvalue weighted by Crippen LogP contribution is -2.47. The van der Waals surface area contributed by atoms with Gasteiger partial charge in [0.2, 0.25) is 10.0 Å². The molecule has 27 heavy (non-hydrogen) atoms. The van der Waals surface area contributed by atoms with Gasteiger partial charge in [-0.25, -0.2) is 8.42 Å². The molecule has 0 bridgehead atoms. The summed E-state index contributed by atoms with van der Waals surface area (Å²) in [5.74, 6) is 0. The van der Waals surface area contributed by atoms with Gasteiger partial charge in [-0.2, -0.15) is 4.31 Å². The zero-order valence-corrected chi connectivity index (χ0v) is 17.6. The first-order chi connectivity index (χ1) is 12.9. The van der Waals surface area contributed by atoms with Crippen LogP contribution in [0.3, 0.4) is 0 Å². The van der Waals surface area contributed by atoms with Crippen molar-refractivity contribution in [2.45, 2.75) is 69.0 Å². The van der Waals surface area contributed by atoms with E-state index >= 15 is 0 Å². The largest absolute Gasteiger partial charge is 0.376 e. The van der Waals surface area contributed by atoms with Crippen molar-refractivity contribution in [3.63, 3.8) is 0 Å². The number of anilines is 1. The van der Waals surface area contributed by atoms with Gasteiger partial charge in [-0.15, -0.1) is 0 Å². The lowest BCUT2D eigenvalue weighted by molar-refractivity contribution is 0.114. The number of benzene rings is 1. The number of thiocarbonyl (C=S) groups is 1. The number of rotatable bonds is 5. The average Bonchev–Trinajstić information content (AvgIpc) is 3.14. The second-order valence-corrected chi connectivity index (χ2v) is 9.71. The fourth-order valence-corrected chi connectivity index (χ4v) is 5.97. The molecule has 2 N–H and O–H groups in total. The normalized spacial score (nSPS) is 26.7. The molecule has 2 aliphatic heterocycles. The molecule has 0 aliphatic carbocycles. The Morgan fingerprint density at radius 2 is 1.81 bits per heavy atom. The van der Waals surface area contributed by atoms with Crippen LogP contribution in [-0.4, -0.2) is 49.2 Å². The molecule has 0 saturated carbocycles. The molecule has 3 rings (SSSR count). The zero-order valence-electron chi connectivity index (χ0n) is 16.0. The Kier molecular flexibility index (Phi) is 6.73. The number of ether oxygens (including phenoxy) is 1. The topological polar surface area (TPSA) is 70.7 Å². The van der Waals surface area contributed by atoms with Crippen LogP contribution < -0.4 is 10.6 Å². The van der Waals surface area contributed by atoms with Crippen molar-refractivity contribution in [1.29, 1.82) is 0 Å². The molecular weight excluding hydrogens is 382 g/mol. The van der Waals surface area contributed by atoms with Gasteiger partial charge in [-0.05, 0) is 76.0 Å². The van der Waals surface area contributed by atoms with Gasteiger partial charge >= 0.3 is 0 Å². The molecule has 0 spiro atoms. The van der Waals surface area contributed by atoms with E-state index in [-0.39, 0.29) is 18.2 Å². The Bertz CT molecular complexity index is 736. The quantitative estimate of drug-likeness (QED) is 0.726. The van der Waals surface area contributed by atoms with Gasteiger partial charge in [-0.1, -0.05) is 6.42 Å². The number of sulfonamides is 1. The second kappa shape index (κ2) is 8.86. The van der Waals surface area contributed by atoms with Crippen molar-refractivity contribution in [2.75, 3.05) is 18.5 Å². The minimum absolute atomic E-state index is 0.0335. The van der Waals surface area contributed by atoms with Crippen molar-refractivity contribution in [2.24, 2.45) is 0 Å². The Hall–Kier alpha value is -1.22. The summed E-state index contributed by atoms with van der Waals surface area (Å²) in [6.07, 6.45) is 5.26. The maximum atomic E-state index is 13.0. The molecule has 1 aromatic rings. The van der Waals surface area contributed by atoms with Crippen molar-refractivity contribution < 1.29 is 13.2 Å². The van der Waals surface area contributed by atoms with Crippen LogP contribution in [0.2, 0.25) is 0 Å². The molecule has 2 heterocycles. The lowest BCUT2D eigenvalue weighted by atomic mass is 10.0. The Morgan fingerprint density at radius 1 is 1.15 bits per heavy atom. The van der Waals surface area contributed by atoms with Crippen LogP contribution in [0.15, 0.2) is 29.2 Å². The van der Waals surface area contributed by atoms with Crippen molar-refractivity contribution in [3.8, 4) is 0 Å². The van der Waals surface area contributed by atoms with Gasteiger partial charge in [-0.3, -0.25) is 0 Å². The summed E-state index contributed by atoms with van der Waals surface area (Å²) < 4.78 is 33.3. The average molecular weight is 412 g/mol. The minimum Gasteiger partial charge on any atom is -0.376 e. The van der Waals surface area contributed by atoms with E-state index in [0.717, 1.165) is 44.4 Å². The summed E-state index contributed by atoms with van der Waals surface area (Å²) >= 11 is 5.31. The number of piperidine rings is 1. The molecule has 0 amide bonds. The SMILES string of the molecule is C[C@H]1CCC[C@H](C)N1S(=O)(=O)c1ccc(NC(=S)NC[C@@H]2CCCO2)cc1. The number of nitrogens with zero attached hydrogens (tertiary/aromatic N) is 1. The number of hydrogen-bond donors (Lipinski definition) is 2. The monoisotopic (exact) mass is 411 g/mol. The first kappa shape index (κ1) is 20.5. The fraction of sp³-hybridized carbons (Fsp3) is 0.632. The highest BCUT2D eigenvalue weighted by atomic mass is 32.2. The van der Waals surface area contributed by atoms with Crippen LogP contribution in [0.4, 0.5) is 5.69 Å². The molecule has 0 radical (unpaired) electrons. The number of nitrogens with one attached hydrogen (secondary N) is 2. The Labute approximate surface area is 167 Å². The first-order valence-corrected chi connectivity index (χ1v) is 11.5. The van der Waals surface area contributed by atoms with Crippen molar-refractivity contribution in [1.82, 2.24) is 9.62 Å². The summed E-state index contributed by atoms with van der Waals surface area (Å²) in [7, 11) is -3.49. The second-order valence-electron chi connectivity index (χ2n) is 7.46. The Balaban J connectivity index is 1.61. The third-order valence-electron chi connectivity index (χ3n) is 5.31. The highest BCUT2D eigenvalue weighted by Crippen LogP contribution is 2.29. The maximum absolute atomic E-state index is 13.0. The molecular formula is C19H29N3O3S2. The molecule has 8 heteroatoms. The van der Waals surface area contributed by atoms with E-state index in [2.05, 4.69) is 10.6 Å². The van der Waals surface area contributed by atoms with Gasteiger partial charge in [0, 0.05) is 30.9 Å². The van der Waals surface area contributed by atoms with E-state index in [4.69, 9.17) is 17.0 Å². The first-order valence-electron chi connectivity index (χ1n) is 9.68. The summed E-state index contributed by atoms with van der Waals surface area (Å²) in [5.41, 5.74) is 0.763. The lowest BCUT2D eigenvalue weighted by Gasteiger charge is -2.37. The van der Waals surface area contributed by atoms with E-state index < -0.39 is 10.0 Å². The van der Waals surface area contributed by atoms with E-state index in [1.807, 2.05) is 13.8 Å². The van der Waals surface area contributed by atoms with Crippen molar-refractivity contribution >= 4 is 33.0 Å². The molecule has 2 aliphatic rings. The Morgan fingerprint density at radius 3 is 2.41 bits per heavy atom. The smallest absolute Gasteiger partial charge is 0.243 e. The fourth-order valence-electron chi connectivity index (χ4n) is 3.89. The van der Waals surface area contributed by atoms with Crippen LogP contribution >= 0.6 is 12.2 Å². The summed E-state index contributed by atoms with van der Waals surface area (Å²) in [5, 5.41) is 6.76. The van der Waals surface area contributed by atoms with Crippen LogP contribution in [0, 0.1) is 0 Å². The van der Waals surface area contributed by atoms with Crippen LogP contribution in [0.1, 0.15) is 46.0 Å². The third-order valence-corrected chi connectivity index (χ3v) is 7.70. The van der Waals surface area contributed by atoms with Crippen molar-refractivity contribution in [3.05, 3.63) is 24.3 Å². The molecule has 150 valence electrons. The summed E-state index contributed by atoms with van der Waals surface area (Å²) in [6, 6.07) is 6.87. The molecule has 6 nitrogen and oxygen atoms in total. The molecule has 3 atom stereocenters. The highest BCUT2D eigenvalue weighted by molar-refractivity contribution is 7.89. The van der Waals surface area contributed by atoms with E-state index in [0.29, 0.717) is 16.6 Å². The predicted molar refractivity (Wildman–Crippen MR) is 111 cm³/mol. The van der Waals surface area contributed by atoms with Crippen LogP contribution in [0.5, 0.6) is 0 Å². The van der Waals surface area contributed by atoms with Gasteiger partial charge in [0.1, 0.15) is 0 Å². The standard InChI is InChI=1S/C19H29N3O3S2/c1-14-5-3-6-15(2)22(14)27(23,24)18-10-8-16(9-11-18)21-19(26)20-13-17-7-4-12-25-17/h8-11,14-15,17H,3-7,12-13H2,1-2H3,(H2,20,21,26)/t14-,15-,17-/m0/s1. The van der Waals surface area contributed by atoms with Crippen LogP contribution in [-0.2, 0) is 14.8 Å². The highest BCUT2D eigenvalue weighted by Gasteiger charge is 2.35. The van der Waals surface area contributed by atoms with Crippen LogP contribution in [0.25, 0.3) is 0 Å². The molecule has 2 fully saturated rings. The number of hydrogen-bond acceptors (Lipinski definition) is 4. The minimum atomic E-state index is -3.49. The third kappa shape index (κ3) is 4.99. The molecule has 0 unspecified atom stereocenters. The van der Waals surface area contributed by atoms with Gasteiger partial charge < -0.3 is 15.4 Å². The summed E-state index contributed by atoms with van der Waals surface area (Å²) in [4.78, 5) is 0.326. The molecule has 0 aromatic heterocycles.